The molecule has 0 aliphatic carbocycles. The lowest BCUT2D eigenvalue weighted by molar-refractivity contribution is 0.122. The van der Waals surface area contributed by atoms with E-state index in [0.717, 1.165) is 117 Å². The number of ether oxygens (including phenoxy) is 2. The summed E-state index contributed by atoms with van der Waals surface area (Å²) in [6, 6.07) is 15.1. The van der Waals surface area contributed by atoms with Gasteiger partial charge in [-0.3, -0.25) is 9.55 Å². The van der Waals surface area contributed by atoms with Gasteiger partial charge in [-0.1, -0.05) is 0 Å². The molecular formula is C36H34N12O2. The molecule has 0 atom stereocenters. The minimum Gasteiger partial charge on any atom is -0.388 e. The van der Waals surface area contributed by atoms with Crippen LogP contribution in [0.2, 0.25) is 0 Å². The number of hydrogen-bond acceptors (Lipinski definition) is 12. The molecule has 0 amide bonds. The molecule has 8 aromatic rings. The van der Waals surface area contributed by atoms with Crippen molar-refractivity contribution in [2.45, 2.75) is 0 Å². The van der Waals surface area contributed by atoms with Crippen LogP contribution in [0.5, 0.6) is 0 Å². The summed E-state index contributed by atoms with van der Waals surface area (Å²) in [5.41, 5.74) is 9.62. The summed E-state index contributed by atoms with van der Waals surface area (Å²) in [5, 5.41) is 9.75. The number of aromatic nitrogens is 8. The van der Waals surface area contributed by atoms with Crippen LogP contribution < -0.4 is 20.4 Å². The van der Waals surface area contributed by atoms with E-state index < -0.39 is 0 Å². The van der Waals surface area contributed by atoms with E-state index in [9.17, 15) is 0 Å². The average Bonchev–Trinajstić information content (AvgIpc) is 3.82. The second-order valence-corrected chi connectivity index (χ2v) is 12.7. The minimum atomic E-state index is 0.510. The van der Waals surface area contributed by atoms with Crippen molar-refractivity contribution in [2.24, 2.45) is 0 Å². The highest BCUT2D eigenvalue weighted by atomic mass is 16.5. The van der Waals surface area contributed by atoms with Gasteiger partial charge in [-0.2, -0.15) is 4.98 Å². The van der Waals surface area contributed by atoms with Crippen LogP contribution in [0.25, 0.3) is 66.9 Å². The Morgan fingerprint density at radius 3 is 2.02 bits per heavy atom. The molecule has 2 fully saturated rings. The summed E-state index contributed by atoms with van der Waals surface area (Å²) in [6.07, 6.45) is 5.28. The largest absolute Gasteiger partial charge is 0.388 e. The summed E-state index contributed by atoms with van der Waals surface area (Å²) >= 11 is 0. The first-order chi connectivity index (χ1) is 24.7. The van der Waals surface area contributed by atoms with Gasteiger partial charge in [0.25, 0.3) is 0 Å². The van der Waals surface area contributed by atoms with Crippen molar-refractivity contribution in [1.82, 2.24) is 38.9 Å². The SMILES string of the molecule is CNc1cc(N2CCOCC2)cc2ncc(-c3nc4ncnc5nc(-n6cnc7cc(N8CCOCC8)cc(NC)c76)c6ccc3c6n45)cc12. The van der Waals surface area contributed by atoms with Gasteiger partial charge in [0.05, 0.1) is 59.9 Å². The molecule has 0 unspecified atom stereocenters. The second kappa shape index (κ2) is 11.4. The monoisotopic (exact) mass is 666 g/mol. The van der Waals surface area contributed by atoms with Gasteiger partial charge in [-0.25, -0.2) is 24.3 Å². The van der Waals surface area contributed by atoms with Crippen LogP contribution in [0, 0.1) is 0 Å². The first-order valence-corrected chi connectivity index (χ1v) is 16.9. The van der Waals surface area contributed by atoms with E-state index >= 15 is 0 Å². The molecule has 0 radical (unpaired) electrons. The molecule has 2 N–H and O–H groups in total. The third-order valence-corrected chi connectivity index (χ3v) is 10.0. The van der Waals surface area contributed by atoms with Gasteiger partial charge < -0.3 is 29.9 Å². The topological polar surface area (TPSA) is 136 Å². The zero-order valence-corrected chi connectivity index (χ0v) is 27.7. The fourth-order valence-corrected chi connectivity index (χ4v) is 7.54. The number of nitrogens with zero attached hydrogens (tertiary/aromatic N) is 10. The molecule has 0 spiro atoms. The van der Waals surface area contributed by atoms with Crippen molar-refractivity contribution < 1.29 is 9.47 Å². The lowest BCUT2D eigenvalue weighted by atomic mass is 10.1. The highest BCUT2D eigenvalue weighted by Crippen LogP contribution is 2.39. The summed E-state index contributed by atoms with van der Waals surface area (Å²) in [4.78, 5) is 33.9. The van der Waals surface area contributed by atoms with E-state index in [-0.39, 0.29) is 0 Å². The number of morpholine rings is 2. The van der Waals surface area contributed by atoms with Crippen molar-refractivity contribution in [2.75, 3.05) is 87.1 Å². The van der Waals surface area contributed by atoms with E-state index in [1.54, 1.807) is 0 Å². The number of nitrogens with one attached hydrogen (secondary N) is 2. The Labute approximate surface area is 286 Å². The normalized spacial score (nSPS) is 15.7. The highest BCUT2D eigenvalue weighted by Gasteiger charge is 2.24. The smallest absolute Gasteiger partial charge is 0.240 e. The lowest BCUT2D eigenvalue weighted by Crippen LogP contribution is -2.36. The molecule has 0 bridgehead atoms. The summed E-state index contributed by atoms with van der Waals surface area (Å²) in [7, 11) is 3.89. The van der Waals surface area contributed by atoms with Crippen molar-refractivity contribution >= 4 is 72.5 Å². The Hall–Kier alpha value is -5.86. The van der Waals surface area contributed by atoms with Crippen LogP contribution in [-0.2, 0) is 9.47 Å². The molecule has 2 aliphatic heterocycles. The van der Waals surface area contributed by atoms with Gasteiger partial charge in [0.15, 0.2) is 5.82 Å². The molecule has 3 aromatic carbocycles. The third kappa shape index (κ3) is 4.41. The molecule has 2 saturated heterocycles. The third-order valence-electron chi connectivity index (χ3n) is 10.0. The second-order valence-electron chi connectivity index (χ2n) is 12.7. The van der Waals surface area contributed by atoms with E-state index in [2.05, 4.69) is 77.4 Å². The average molecular weight is 667 g/mol. The zero-order chi connectivity index (χ0) is 33.3. The van der Waals surface area contributed by atoms with E-state index in [0.29, 0.717) is 24.8 Å². The molecule has 2 aliphatic rings. The quantitative estimate of drug-likeness (QED) is 0.257. The van der Waals surface area contributed by atoms with Crippen LogP contribution >= 0.6 is 0 Å². The Bertz CT molecular complexity index is 2570. The molecule has 5 aromatic heterocycles. The lowest BCUT2D eigenvalue weighted by Gasteiger charge is -2.29. The van der Waals surface area contributed by atoms with Gasteiger partial charge in [0.2, 0.25) is 11.6 Å². The number of imidazole rings is 1. The first-order valence-electron chi connectivity index (χ1n) is 16.9. The Morgan fingerprint density at radius 1 is 0.640 bits per heavy atom. The van der Waals surface area contributed by atoms with Gasteiger partial charge in [0, 0.05) is 85.3 Å². The van der Waals surface area contributed by atoms with Crippen LogP contribution in [0.4, 0.5) is 22.7 Å². The van der Waals surface area contributed by atoms with Gasteiger partial charge in [-0.15, -0.1) is 0 Å². The van der Waals surface area contributed by atoms with E-state index in [1.807, 2.05) is 31.0 Å². The van der Waals surface area contributed by atoms with Gasteiger partial charge >= 0.3 is 0 Å². The maximum absolute atomic E-state index is 5.59. The summed E-state index contributed by atoms with van der Waals surface area (Å²) < 4.78 is 15.2. The number of hydrogen-bond donors (Lipinski definition) is 2. The Balaban J connectivity index is 1.14. The highest BCUT2D eigenvalue weighted by molar-refractivity contribution is 6.10. The number of benzene rings is 2. The van der Waals surface area contributed by atoms with E-state index in [4.69, 9.17) is 29.4 Å². The maximum atomic E-state index is 5.59. The molecule has 10 rings (SSSR count). The van der Waals surface area contributed by atoms with Crippen molar-refractivity contribution in [1.29, 1.82) is 0 Å². The molecule has 14 nitrogen and oxygen atoms in total. The fraction of sp³-hybridized carbons (Fsp3) is 0.278. The number of pyridine rings is 1. The predicted molar refractivity (Wildman–Crippen MR) is 195 cm³/mol. The summed E-state index contributed by atoms with van der Waals surface area (Å²) in [6.45, 7) is 6.30. The zero-order valence-electron chi connectivity index (χ0n) is 27.7. The molecule has 250 valence electrons. The van der Waals surface area contributed by atoms with Crippen LogP contribution in [0.1, 0.15) is 0 Å². The van der Waals surface area contributed by atoms with Crippen LogP contribution in [0.3, 0.4) is 0 Å². The molecule has 50 heavy (non-hydrogen) atoms. The van der Waals surface area contributed by atoms with Gasteiger partial charge in [-0.05, 0) is 42.5 Å². The van der Waals surface area contributed by atoms with Crippen LogP contribution in [0.15, 0.2) is 61.3 Å². The molecule has 14 heteroatoms. The number of rotatable bonds is 6. The van der Waals surface area contributed by atoms with Crippen LogP contribution in [-0.4, -0.2) is 106 Å². The summed E-state index contributed by atoms with van der Waals surface area (Å²) in [5.74, 6) is 1.77. The van der Waals surface area contributed by atoms with Crippen molar-refractivity contribution in [3.05, 3.63) is 61.3 Å². The molecular weight excluding hydrogens is 632 g/mol. The van der Waals surface area contributed by atoms with E-state index in [1.165, 1.54) is 6.33 Å². The first kappa shape index (κ1) is 29.1. The minimum absolute atomic E-state index is 0.510. The van der Waals surface area contributed by atoms with Gasteiger partial charge in [0.1, 0.15) is 12.7 Å². The maximum Gasteiger partial charge on any atom is 0.240 e. The predicted octanol–water partition coefficient (Wildman–Crippen LogP) is 4.57. The standard InChI is InChI=1S/C36H34N12O2/c1-37-27-14-22(45-5-9-49-10-6-45)15-28-26(27)13-21(18-39-28)31-24-3-4-25-32(24)48-35(43-31)40-19-41-36(48)44-34(25)47-20-42-30-17-23(16-29(38-2)33(30)47)46-7-11-50-12-8-46/h3-4,13-20,37-38H,5-12H2,1-2H3. The number of anilines is 4. The van der Waals surface area contributed by atoms with Crippen molar-refractivity contribution in [3.63, 3.8) is 0 Å². The molecule has 7 heterocycles. The van der Waals surface area contributed by atoms with Crippen molar-refractivity contribution in [3.8, 4) is 17.1 Å². The Kier molecular flexibility index (Phi) is 6.61. The fourth-order valence-electron chi connectivity index (χ4n) is 7.54. The number of fused-ring (bicyclic) bond motifs is 2. The molecule has 0 saturated carbocycles. The Morgan fingerprint density at radius 2 is 1.30 bits per heavy atom.